The highest BCUT2D eigenvalue weighted by molar-refractivity contribution is 7.13. The number of benzene rings is 1. The maximum Gasteiger partial charge on any atom is 0.244 e. The van der Waals surface area contributed by atoms with E-state index in [0.717, 1.165) is 21.8 Å². The van der Waals surface area contributed by atoms with Gasteiger partial charge in [0.1, 0.15) is 16.5 Å². The zero-order valence-corrected chi connectivity index (χ0v) is 15.8. The van der Waals surface area contributed by atoms with Crippen LogP contribution in [0.3, 0.4) is 0 Å². The monoisotopic (exact) mass is 381 g/mol. The molecular weight excluding hydrogens is 362 g/mol. The summed E-state index contributed by atoms with van der Waals surface area (Å²) < 4.78 is 10.5. The summed E-state index contributed by atoms with van der Waals surface area (Å²) in [5.74, 6) is 1.15. The van der Waals surface area contributed by atoms with E-state index in [9.17, 15) is 4.79 Å². The number of nitrogens with one attached hydrogen (secondary N) is 1. The van der Waals surface area contributed by atoms with Crippen molar-refractivity contribution in [3.63, 3.8) is 0 Å². The van der Waals surface area contributed by atoms with Gasteiger partial charge in [0.15, 0.2) is 0 Å². The van der Waals surface area contributed by atoms with E-state index in [2.05, 4.69) is 15.3 Å². The molecule has 0 fully saturated rings. The van der Waals surface area contributed by atoms with Gasteiger partial charge < -0.3 is 14.8 Å². The molecule has 3 rings (SSSR count). The molecule has 0 saturated carbocycles. The van der Waals surface area contributed by atoms with Crippen LogP contribution in [0.4, 0.5) is 0 Å². The number of hydrogen-bond donors (Lipinski definition) is 1. The summed E-state index contributed by atoms with van der Waals surface area (Å²) in [6.07, 6.45) is 6.62. The molecule has 2 heterocycles. The quantitative estimate of drug-likeness (QED) is 0.634. The Morgan fingerprint density at radius 3 is 2.74 bits per heavy atom. The molecule has 0 atom stereocenters. The van der Waals surface area contributed by atoms with E-state index in [0.29, 0.717) is 18.0 Å². The number of pyridine rings is 1. The van der Waals surface area contributed by atoms with Crippen LogP contribution in [0.25, 0.3) is 16.6 Å². The number of aromatic nitrogens is 2. The van der Waals surface area contributed by atoms with Gasteiger partial charge in [0.25, 0.3) is 0 Å². The van der Waals surface area contributed by atoms with Crippen molar-refractivity contribution in [2.75, 3.05) is 14.2 Å². The fraction of sp³-hybridized carbons (Fsp3) is 0.150. The second-order valence-electron chi connectivity index (χ2n) is 5.54. The first-order valence-corrected chi connectivity index (χ1v) is 9.10. The molecular formula is C20H19N3O3S. The molecule has 7 heteroatoms. The number of carbonyl (C=O) groups is 1. The van der Waals surface area contributed by atoms with E-state index in [-0.39, 0.29) is 5.91 Å². The molecule has 1 amide bonds. The summed E-state index contributed by atoms with van der Waals surface area (Å²) >= 11 is 1.53. The number of ether oxygens (including phenoxy) is 2. The lowest BCUT2D eigenvalue weighted by molar-refractivity contribution is -0.116. The Morgan fingerprint density at radius 2 is 2.00 bits per heavy atom. The maximum absolute atomic E-state index is 12.1. The van der Waals surface area contributed by atoms with Gasteiger partial charge in [-0.05, 0) is 36.4 Å². The number of carbonyl (C=O) groups excluding carboxylic acids is 1. The molecule has 0 spiro atoms. The lowest BCUT2D eigenvalue weighted by Gasteiger charge is -2.07. The minimum absolute atomic E-state index is 0.210. The third-order valence-corrected chi connectivity index (χ3v) is 4.71. The van der Waals surface area contributed by atoms with E-state index in [4.69, 9.17) is 9.47 Å². The van der Waals surface area contributed by atoms with Crippen molar-refractivity contribution in [1.29, 1.82) is 0 Å². The third-order valence-electron chi connectivity index (χ3n) is 3.77. The molecule has 0 aliphatic heterocycles. The molecule has 6 nitrogen and oxygen atoms in total. The highest BCUT2D eigenvalue weighted by Gasteiger charge is 2.06. The SMILES string of the molecule is COc1ccc(OC)c(/C=C/C(=O)NCc2csc(-c3ccncc3)n2)c1. The average molecular weight is 381 g/mol. The Hall–Kier alpha value is -3.19. The molecule has 1 aromatic carbocycles. The van der Waals surface area contributed by atoms with E-state index in [1.54, 1.807) is 44.8 Å². The molecule has 27 heavy (non-hydrogen) atoms. The van der Waals surface area contributed by atoms with Crippen molar-refractivity contribution in [1.82, 2.24) is 15.3 Å². The van der Waals surface area contributed by atoms with Crippen molar-refractivity contribution in [2.24, 2.45) is 0 Å². The fourth-order valence-corrected chi connectivity index (χ4v) is 3.21. The molecule has 0 saturated heterocycles. The van der Waals surface area contributed by atoms with Crippen molar-refractivity contribution < 1.29 is 14.3 Å². The van der Waals surface area contributed by atoms with Crippen LogP contribution in [0, 0.1) is 0 Å². The van der Waals surface area contributed by atoms with Gasteiger partial charge in [0, 0.05) is 35.0 Å². The summed E-state index contributed by atoms with van der Waals surface area (Å²) in [5.41, 5.74) is 2.59. The molecule has 0 aliphatic carbocycles. The highest BCUT2D eigenvalue weighted by Crippen LogP contribution is 2.25. The van der Waals surface area contributed by atoms with Crippen molar-refractivity contribution in [3.8, 4) is 22.1 Å². The third kappa shape index (κ3) is 4.92. The lowest BCUT2D eigenvalue weighted by atomic mass is 10.1. The summed E-state index contributed by atoms with van der Waals surface area (Å²) in [6.45, 7) is 0.361. The average Bonchev–Trinajstić information content (AvgIpc) is 3.20. The van der Waals surface area contributed by atoms with Crippen molar-refractivity contribution in [3.05, 3.63) is 65.4 Å². The predicted octanol–water partition coefficient (Wildman–Crippen LogP) is 3.55. The van der Waals surface area contributed by atoms with Crippen molar-refractivity contribution >= 4 is 23.3 Å². The zero-order valence-electron chi connectivity index (χ0n) is 15.0. The van der Waals surface area contributed by atoms with Gasteiger partial charge in [0.05, 0.1) is 26.5 Å². The standard InChI is InChI=1S/C20H19N3O3S/c1-25-17-4-5-18(26-2)15(11-17)3-6-19(24)22-12-16-13-27-20(23-16)14-7-9-21-10-8-14/h3-11,13H,12H2,1-2H3,(H,22,24)/b6-3+. The molecule has 0 unspecified atom stereocenters. The number of rotatable bonds is 7. The summed E-state index contributed by atoms with van der Waals surface area (Å²) in [5, 5.41) is 5.67. The summed E-state index contributed by atoms with van der Waals surface area (Å²) in [7, 11) is 3.18. The van der Waals surface area contributed by atoms with Gasteiger partial charge in [-0.1, -0.05) is 0 Å². The summed E-state index contributed by atoms with van der Waals surface area (Å²) in [6, 6.07) is 9.23. The van der Waals surface area contributed by atoms with Gasteiger partial charge in [-0.15, -0.1) is 11.3 Å². The Morgan fingerprint density at radius 1 is 1.19 bits per heavy atom. The van der Waals surface area contributed by atoms with E-state index in [1.165, 1.54) is 17.4 Å². The number of thiazole rings is 1. The predicted molar refractivity (Wildman–Crippen MR) is 106 cm³/mol. The smallest absolute Gasteiger partial charge is 0.244 e. The molecule has 3 aromatic rings. The Balaban J connectivity index is 1.60. The number of methoxy groups -OCH3 is 2. The highest BCUT2D eigenvalue weighted by atomic mass is 32.1. The topological polar surface area (TPSA) is 73.3 Å². The second-order valence-corrected chi connectivity index (χ2v) is 6.40. The lowest BCUT2D eigenvalue weighted by Crippen LogP contribution is -2.20. The fourth-order valence-electron chi connectivity index (χ4n) is 2.39. The van der Waals surface area contributed by atoms with Crippen molar-refractivity contribution in [2.45, 2.75) is 6.54 Å². The van der Waals surface area contributed by atoms with Crippen LogP contribution in [0.5, 0.6) is 11.5 Å². The summed E-state index contributed by atoms with van der Waals surface area (Å²) in [4.78, 5) is 20.7. The normalized spacial score (nSPS) is 10.7. The Labute approximate surface area is 161 Å². The van der Waals surface area contributed by atoms with Gasteiger partial charge in [-0.3, -0.25) is 9.78 Å². The van der Waals surface area contributed by atoms with Gasteiger partial charge >= 0.3 is 0 Å². The van der Waals surface area contributed by atoms with Crippen LogP contribution in [0.1, 0.15) is 11.3 Å². The zero-order chi connectivity index (χ0) is 19.1. The Bertz CT molecular complexity index is 939. The first-order valence-electron chi connectivity index (χ1n) is 8.22. The van der Waals surface area contributed by atoms with Gasteiger partial charge in [0.2, 0.25) is 5.91 Å². The van der Waals surface area contributed by atoms with Crippen LogP contribution in [-0.2, 0) is 11.3 Å². The van der Waals surface area contributed by atoms with Crippen LogP contribution >= 0.6 is 11.3 Å². The molecule has 0 aliphatic rings. The molecule has 138 valence electrons. The first-order chi connectivity index (χ1) is 13.2. The van der Waals surface area contributed by atoms with Gasteiger partial charge in [-0.25, -0.2) is 4.98 Å². The van der Waals surface area contributed by atoms with Crippen LogP contribution in [-0.4, -0.2) is 30.1 Å². The largest absolute Gasteiger partial charge is 0.497 e. The van der Waals surface area contributed by atoms with E-state index < -0.39 is 0 Å². The van der Waals surface area contributed by atoms with Crippen LogP contribution in [0.15, 0.2) is 54.2 Å². The molecule has 2 aromatic heterocycles. The molecule has 0 bridgehead atoms. The maximum atomic E-state index is 12.1. The first kappa shape index (κ1) is 18.6. The van der Waals surface area contributed by atoms with E-state index in [1.807, 2.05) is 23.6 Å². The van der Waals surface area contributed by atoms with E-state index >= 15 is 0 Å². The van der Waals surface area contributed by atoms with Crippen LogP contribution < -0.4 is 14.8 Å². The second kappa shape index (κ2) is 8.95. The molecule has 1 N–H and O–H groups in total. The van der Waals surface area contributed by atoms with Gasteiger partial charge in [-0.2, -0.15) is 0 Å². The number of amides is 1. The number of hydrogen-bond acceptors (Lipinski definition) is 6. The minimum Gasteiger partial charge on any atom is -0.497 e. The minimum atomic E-state index is -0.210. The Kier molecular flexibility index (Phi) is 6.17. The number of nitrogens with zero attached hydrogens (tertiary/aromatic N) is 2. The van der Waals surface area contributed by atoms with Crippen LogP contribution in [0.2, 0.25) is 0 Å². The molecule has 0 radical (unpaired) electrons.